The molecule has 0 bridgehead atoms. The maximum absolute atomic E-state index is 12.0. The first kappa shape index (κ1) is 17.1. The van der Waals surface area contributed by atoms with Gasteiger partial charge in [0, 0.05) is 19.7 Å². The molecule has 18 heavy (non-hydrogen) atoms. The molecule has 0 radical (unpaired) electrons. The van der Waals surface area contributed by atoms with Crippen molar-refractivity contribution in [2.45, 2.75) is 33.1 Å². The molecular formula is C14H28N2O2. The lowest BCUT2D eigenvalue weighted by Crippen LogP contribution is -2.39. The van der Waals surface area contributed by atoms with Crippen molar-refractivity contribution >= 4 is 5.91 Å². The molecule has 0 aliphatic heterocycles. The van der Waals surface area contributed by atoms with E-state index in [2.05, 4.69) is 6.58 Å². The Balaban J connectivity index is 3.92. The van der Waals surface area contributed by atoms with Gasteiger partial charge < -0.3 is 10.0 Å². The van der Waals surface area contributed by atoms with E-state index in [4.69, 9.17) is 5.11 Å². The molecule has 0 aromatic carbocycles. The van der Waals surface area contributed by atoms with E-state index in [1.165, 1.54) is 0 Å². The van der Waals surface area contributed by atoms with Gasteiger partial charge in [-0.3, -0.25) is 9.69 Å². The Hall–Kier alpha value is -0.870. The zero-order chi connectivity index (χ0) is 14.0. The van der Waals surface area contributed by atoms with Crippen LogP contribution in [0.4, 0.5) is 0 Å². The first-order valence-corrected chi connectivity index (χ1v) is 6.72. The standard InChI is InChI=1S/C14H28N2O2/c1-5-16(11-13(2)3)14(18)12-15(4)9-7-6-8-10-17/h17H,2,5-12H2,1,3-4H3. The van der Waals surface area contributed by atoms with Crippen molar-refractivity contribution in [2.24, 2.45) is 0 Å². The molecule has 0 aliphatic carbocycles. The van der Waals surface area contributed by atoms with Crippen LogP contribution in [0.2, 0.25) is 0 Å². The predicted molar refractivity (Wildman–Crippen MR) is 75.5 cm³/mol. The van der Waals surface area contributed by atoms with E-state index in [9.17, 15) is 4.79 Å². The first-order chi connectivity index (χ1) is 8.51. The van der Waals surface area contributed by atoms with E-state index in [-0.39, 0.29) is 12.5 Å². The topological polar surface area (TPSA) is 43.8 Å². The van der Waals surface area contributed by atoms with Crippen molar-refractivity contribution in [2.75, 3.05) is 39.8 Å². The normalized spacial score (nSPS) is 10.7. The monoisotopic (exact) mass is 256 g/mol. The lowest BCUT2D eigenvalue weighted by molar-refractivity contribution is -0.131. The van der Waals surface area contributed by atoms with E-state index >= 15 is 0 Å². The first-order valence-electron chi connectivity index (χ1n) is 6.72. The van der Waals surface area contributed by atoms with Gasteiger partial charge in [0.1, 0.15) is 0 Å². The number of amides is 1. The highest BCUT2D eigenvalue weighted by molar-refractivity contribution is 5.78. The molecule has 0 saturated heterocycles. The number of hydrogen-bond acceptors (Lipinski definition) is 3. The molecule has 0 aromatic rings. The van der Waals surface area contributed by atoms with Crippen molar-refractivity contribution in [1.82, 2.24) is 9.80 Å². The Morgan fingerprint density at radius 3 is 2.39 bits per heavy atom. The summed E-state index contributed by atoms with van der Waals surface area (Å²) in [4.78, 5) is 15.9. The number of carbonyl (C=O) groups is 1. The Kier molecular flexibility index (Phi) is 9.60. The molecule has 0 rings (SSSR count). The van der Waals surface area contributed by atoms with E-state index in [1.807, 2.05) is 30.7 Å². The Morgan fingerprint density at radius 2 is 1.89 bits per heavy atom. The summed E-state index contributed by atoms with van der Waals surface area (Å²) in [5.41, 5.74) is 1.01. The van der Waals surface area contributed by atoms with Gasteiger partial charge in [0.15, 0.2) is 0 Å². The summed E-state index contributed by atoms with van der Waals surface area (Å²) in [5, 5.41) is 8.68. The van der Waals surface area contributed by atoms with Crippen LogP contribution in [0.25, 0.3) is 0 Å². The van der Waals surface area contributed by atoms with E-state index in [0.29, 0.717) is 13.1 Å². The quantitative estimate of drug-likeness (QED) is 0.476. The van der Waals surface area contributed by atoms with E-state index < -0.39 is 0 Å². The average Bonchev–Trinajstić information content (AvgIpc) is 2.31. The van der Waals surface area contributed by atoms with Gasteiger partial charge in [0.25, 0.3) is 0 Å². The Morgan fingerprint density at radius 1 is 1.22 bits per heavy atom. The van der Waals surface area contributed by atoms with Crippen LogP contribution in [-0.4, -0.2) is 60.6 Å². The zero-order valence-electron chi connectivity index (χ0n) is 12.1. The molecule has 1 N–H and O–H groups in total. The van der Waals surface area contributed by atoms with E-state index in [0.717, 1.165) is 37.9 Å². The number of carbonyl (C=O) groups excluding carboxylic acids is 1. The molecule has 106 valence electrons. The summed E-state index contributed by atoms with van der Waals surface area (Å²) < 4.78 is 0. The van der Waals surface area contributed by atoms with Crippen LogP contribution in [0.5, 0.6) is 0 Å². The number of nitrogens with zero attached hydrogens (tertiary/aromatic N) is 2. The van der Waals surface area contributed by atoms with Gasteiger partial charge in [0.2, 0.25) is 5.91 Å². The molecule has 4 heteroatoms. The van der Waals surface area contributed by atoms with Gasteiger partial charge in [-0.05, 0) is 46.7 Å². The third kappa shape index (κ3) is 8.25. The number of unbranched alkanes of at least 4 members (excludes halogenated alkanes) is 2. The van der Waals surface area contributed by atoms with Crippen molar-refractivity contribution in [1.29, 1.82) is 0 Å². The maximum Gasteiger partial charge on any atom is 0.237 e. The molecule has 0 saturated carbocycles. The summed E-state index contributed by atoms with van der Waals surface area (Å²) in [5.74, 6) is 0.158. The van der Waals surface area contributed by atoms with Gasteiger partial charge >= 0.3 is 0 Å². The Labute approximate surface area is 111 Å². The molecular weight excluding hydrogens is 228 g/mol. The van der Waals surface area contributed by atoms with Crippen LogP contribution >= 0.6 is 0 Å². The molecule has 0 unspecified atom stereocenters. The highest BCUT2D eigenvalue weighted by Gasteiger charge is 2.13. The van der Waals surface area contributed by atoms with E-state index in [1.54, 1.807) is 0 Å². The highest BCUT2D eigenvalue weighted by atomic mass is 16.2. The summed E-state index contributed by atoms with van der Waals surface area (Å²) in [6.07, 6.45) is 2.88. The number of likely N-dealkylation sites (N-methyl/N-ethyl adjacent to an activating group) is 2. The fraction of sp³-hybridized carbons (Fsp3) is 0.786. The largest absolute Gasteiger partial charge is 0.396 e. The van der Waals surface area contributed by atoms with Gasteiger partial charge in [0.05, 0.1) is 6.54 Å². The number of hydrogen-bond donors (Lipinski definition) is 1. The second-order valence-electron chi connectivity index (χ2n) is 4.89. The van der Waals surface area contributed by atoms with Crippen LogP contribution in [0.3, 0.4) is 0 Å². The van der Waals surface area contributed by atoms with Crippen molar-refractivity contribution < 1.29 is 9.90 Å². The minimum Gasteiger partial charge on any atom is -0.396 e. The average molecular weight is 256 g/mol. The van der Waals surface area contributed by atoms with Crippen molar-refractivity contribution in [3.05, 3.63) is 12.2 Å². The lowest BCUT2D eigenvalue weighted by Gasteiger charge is -2.24. The molecule has 0 heterocycles. The zero-order valence-corrected chi connectivity index (χ0v) is 12.1. The molecule has 1 amide bonds. The van der Waals surface area contributed by atoms with Crippen LogP contribution < -0.4 is 0 Å². The third-order valence-corrected chi connectivity index (χ3v) is 2.80. The predicted octanol–water partition coefficient (Wildman–Crippen LogP) is 1.51. The molecule has 4 nitrogen and oxygen atoms in total. The minimum absolute atomic E-state index is 0.158. The fourth-order valence-electron chi connectivity index (χ4n) is 1.78. The Bertz CT molecular complexity index is 254. The maximum atomic E-state index is 12.0. The third-order valence-electron chi connectivity index (χ3n) is 2.80. The smallest absolute Gasteiger partial charge is 0.237 e. The van der Waals surface area contributed by atoms with Gasteiger partial charge in [-0.25, -0.2) is 0 Å². The summed E-state index contributed by atoms with van der Waals surface area (Å²) in [6.45, 7) is 10.8. The SMILES string of the molecule is C=C(C)CN(CC)C(=O)CN(C)CCCCCO. The lowest BCUT2D eigenvalue weighted by atomic mass is 10.2. The summed E-state index contributed by atoms with van der Waals surface area (Å²) >= 11 is 0. The van der Waals surface area contributed by atoms with Gasteiger partial charge in [-0.2, -0.15) is 0 Å². The van der Waals surface area contributed by atoms with Crippen LogP contribution in [0.15, 0.2) is 12.2 Å². The fourth-order valence-corrected chi connectivity index (χ4v) is 1.78. The molecule has 0 aromatic heterocycles. The second-order valence-corrected chi connectivity index (χ2v) is 4.89. The highest BCUT2D eigenvalue weighted by Crippen LogP contribution is 2.00. The molecule has 0 spiro atoms. The molecule has 0 atom stereocenters. The molecule has 0 aliphatic rings. The molecule has 0 fully saturated rings. The number of rotatable bonds is 10. The van der Waals surface area contributed by atoms with Crippen molar-refractivity contribution in [3.8, 4) is 0 Å². The second kappa shape index (κ2) is 10.1. The van der Waals surface area contributed by atoms with Crippen LogP contribution in [-0.2, 0) is 4.79 Å². The van der Waals surface area contributed by atoms with Gasteiger partial charge in [-0.15, -0.1) is 0 Å². The van der Waals surface area contributed by atoms with Crippen LogP contribution in [0.1, 0.15) is 33.1 Å². The summed E-state index contributed by atoms with van der Waals surface area (Å²) in [6, 6.07) is 0. The minimum atomic E-state index is 0.158. The number of aliphatic hydroxyl groups is 1. The summed E-state index contributed by atoms with van der Waals surface area (Å²) in [7, 11) is 1.96. The van der Waals surface area contributed by atoms with Crippen LogP contribution in [0, 0.1) is 0 Å². The number of aliphatic hydroxyl groups excluding tert-OH is 1. The van der Waals surface area contributed by atoms with Crippen molar-refractivity contribution in [3.63, 3.8) is 0 Å². The van der Waals surface area contributed by atoms with Gasteiger partial charge in [-0.1, -0.05) is 12.2 Å².